The predicted molar refractivity (Wildman–Crippen MR) is 45.9 cm³/mol. The number of amides is 2. The molecule has 1 atom stereocenters. The number of alkyl halides is 7. The lowest BCUT2D eigenvalue weighted by molar-refractivity contribution is -0.389. The lowest BCUT2D eigenvalue weighted by Crippen LogP contribution is -2.61. The molecule has 0 aliphatic carbocycles. The van der Waals surface area contributed by atoms with E-state index >= 15 is 0 Å². The molecule has 0 spiro atoms. The molecule has 0 aromatic heterocycles. The van der Waals surface area contributed by atoms with Gasteiger partial charge in [0, 0.05) is 0 Å². The van der Waals surface area contributed by atoms with Crippen LogP contribution in [0.5, 0.6) is 0 Å². The molecule has 0 bridgehead atoms. The first-order valence-corrected chi connectivity index (χ1v) is 4.44. The molecule has 0 aromatic carbocycles. The van der Waals surface area contributed by atoms with E-state index in [1.807, 2.05) is 0 Å². The fourth-order valence-electron chi connectivity index (χ4n) is 0.841. The number of hydrogen-bond donors (Lipinski definition) is 2. The van der Waals surface area contributed by atoms with Crippen molar-refractivity contribution in [1.82, 2.24) is 0 Å². The molecule has 0 radical (unpaired) electrons. The third kappa shape index (κ3) is 3.54. The van der Waals surface area contributed by atoms with E-state index in [-0.39, 0.29) is 0 Å². The minimum absolute atomic E-state index is 1.80. The van der Waals surface area contributed by atoms with Crippen molar-refractivity contribution >= 4 is 12.2 Å². The molecule has 13 heteroatoms. The summed E-state index contributed by atoms with van der Waals surface area (Å²) in [4.78, 5) is 19.9. The van der Waals surface area contributed by atoms with E-state index in [9.17, 15) is 40.3 Å². The monoisotopic (exact) mass is 316 g/mol. The number of hydrogen-bond acceptors (Lipinski definition) is 4. The number of nitrogens with two attached hydrogens (primary N) is 2. The molecule has 4 N–H and O–H groups in total. The van der Waals surface area contributed by atoms with Crippen LogP contribution in [0.1, 0.15) is 0 Å². The molecule has 0 aliphatic rings. The summed E-state index contributed by atoms with van der Waals surface area (Å²) in [6.45, 7) is -2.02. The van der Waals surface area contributed by atoms with E-state index < -0.39 is 42.9 Å². The van der Waals surface area contributed by atoms with Crippen molar-refractivity contribution < 1.29 is 49.8 Å². The Hall–Kier alpha value is -1.95. The van der Waals surface area contributed by atoms with Crippen LogP contribution in [0.4, 0.5) is 40.3 Å². The van der Waals surface area contributed by atoms with Gasteiger partial charge in [0.1, 0.15) is 6.61 Å². The Kier molecular flexibility index (Phi) is 5.04. The Bertz CT molecular complexity index is 389. The van der Waals surface area contributed by atoms with Crippen molar-refractivity contribution in [2.45, 2.75) is 24.1 Å². The Morgan fingerprint density at radius 3 is 1.80 bits per heavy atom. The smallest absolute Gasteiger partial charge is 0.446 e. The summed E-state index contributed by atoms with van der Waals surface area (Å²) in [6, 6.07) is 0. The van der Waals surface area contributed by atoms with Crippen LogP contribution in [0, 0.1) is 0 Å². The Morgan fingerprint density at radius 2 is 1.45 bits per heavy atom. The first-order valence-electron chi connectivity index (χ1n) is 4.44. The molecule has 0 aromatic rings. The van der Waals surface area contributed by atoms with Crippen molar-refractivity contribution in [3.05, 3.63) is 0 Å². The molecule has 20 heavy (non-hydrogen) atoms. The van der Waals surface area contributed by atoms with Crippen molar-refractivity contribution in [2.75, 3.05) is 6.61 Å². The van der Waals surface area contributed by atoms with Gasteiger partial charge < -0.3 is 20.9 Å². The van der Waals surface area contributed by atoms with E-state index in [4.69, 9.17) is 0 Å². The summed E-state index contributed by atoms with van der Waals surface area (Å²) < 4.78 is 95.7. The third-order valence-corrected chi connectivity index (χ3v) is 1.78. The van der Waals surface area contributed by atoms with E-state index in [0.717, 1.165) is 0 Å². The van der Waals surface area contributed by atoms with E-state index in [0.29, 0.717) is 0 Å². The summed E-state index contributed by atoms with van der Waals surface area (Å²) in [5, 5.41) is 0. The lowest BCUT2D eigenvalue weighted by atomic mass is 10.1. The molecule has 0 saturated heterocycles. The zero-order chi connectivity index (χ0) is 16.4. The maximum atomic E-state index is 12.9. The maximum Gasteiger partial charge on any atom is 0.474 e. The second-order valence-electron chi connectivity index (χ2n) is 3.23. The van der Waals surface area contributed by atoms with Crippen molar-refractivity contribution in [3.8, 4) is 0 Å². The van der Waals surface area contributed by atoms with Crippen LogP contribution in [-0.2, 0) is 9.47 Å². The van der Waals surface area contributed by atoms with E-state index in [2.05, 4.69) is 20.9 Å². The van der Waals surface area contributed by atoms with Gasteiger partial charge in [0.25, 0.3) is 0 Å². The maximum absolute atomic E-state index is 12.9. The molecule has 0 rings (SSSR count). The number of primary amides is 2. The van der Waals surface area contributed by atoms with E-state index in [1.165, 1.54) is 0 Å². The minimum Gasteiger partial charge on any atom is -0.446 e. The van der Waals surface area contributed by atoms with Gasteiger partial charge in [-0.05, 0) is 0 Å². The highest BCUT2D eigenvalue weighted by molar-refractivity contribution is 5.65. The highest BCUT2D eigenvalue weighted by Gasteiger charge is 2.77. The van der Waals surface area contributed by atoms with Crippen LogP contribution in [-0.4, -0.2) is 42.9 Å². The number of carbonyl (C=O) groups excluding carboxylic acids is 2. The van der Waals surface area contributed by atoms with Crippen LogP contribution < -0.4 is 11.5 Å². The Morgan fingerprint density at radius 1 is 1.00 bits per heavy atom. The number of halogens is 7. The van der Waals surface area contributed by atoms with Crippen LogP contribution >= 0.6 is 0 Å². The second-order valence-corrected chi connectivity index (χ2v) is 3.23. The average molecular weight is 316 g/mol. The van der Waals surface area contributed by atoms with Gasteiger partial charge in [0.15, 0.2) is 0 Å². The van der Waals surface area contributed by atoms with Gasteiger partial charge in [0.05, 0.1) is 0 Å². The van der Waals surface area contributed by atoms with Gasteiger partial charge in [-0.2, -0.15) is 26.3 Å². The summed E-state index contributed by atoms with van der Waals surface area (Å²) in [6.07, 6.45) is -14.4. The fraction of sp³-hybridized carbons (Fsp3) is 0.714. The van der Waals surface area contributed by atoms with Crippen molar-refractivity contribution in [1.29, 1.82) is 0 Å². The van der Waals surface area contributed by atoms with Crippen LogP contribution in [0.3, 0.4) is 0 Å². The first-order chi connectivity index (χ1) is 8.75. The Labute approximate surface area is 105 Å². The zero-order valence-electron chi connectivity index (χ0n) is 9.22. The second kappa shape index (κ2) is 5.58. The molecule has 0 heterocycles. The molecule has 6 nitrogen and oxygen atoms in total. The largest absolute Gasteiger partial charge is 0.474 e. The molecule has 0 fully saturated rings. The van der Waals surface area contributed by atoms with Gasteiger partial charge in [-0.25, -0.2) is 14.0 Å². The molecular weight excluding hydrogens is 309 g/mol. The highest BCUT2D eigenvalue weighted by Crippen LogP contribution is 2.48. The van der Waals surface area contributed by atoms with Crippen LogP contribution in [0.2, 0.25) is 0 Å². The fourth-order valence-corrected chi connectivity index (χ4v) is 0.841. The zero-order valence-corrected chi connectivity index (χ0v) is 9.22. The first kappa shape index (κ1) is 18.0. The predicted octanol–water partition coefficient (Wildman–Crippen LogP) is 1.38. The van der Waals surface area contributed by atoms with Gasteiger partial charge in [-0.1, -0.05) is 0 Å². The van der Waals surface area contributed by atoms with Gasteiger partial charge in [-0.15, -0.1) is 0 Å². The summed E-state index contributed by atoms with van der Waals surface area (Å²) >= 11 is 0. The molecule has 0 saturated carbocycles. The number of rotatable bonds is 6. The molecule has 118 valence electrons. The lowest BCUT2D eigenvalue weighted by Gasteiger charge is -2.32. The third-order valence-electron chi connectivity index (χ3n) is 1.78. The van der Waals surface area contributed by atoms with Gasteiger partial charge in [0.2, 0.25) is 6.17 Å². The standard InChI is InChI=1S/C7H7F7N2O4/c8-2(1-19-3(15)17)5(9,10)6(11,12)7(13,14)20-4(16)18/h2H,1H2,(H2,15,17)(H2,16,18). The summed E-state index contributed by atoms with van der Waals surface area (Å²) in [7, 11) is 0. The summed E-state index contributed by atoms with van der Waals surface area (Å²) in [5.74, 6) is -12.5. The quantitative estimate of drug-likeness (QED) is 0.722. The van der Waals surface area contributed by atoms with Gasteiger partial charge in [-0.3, -0.25) is 0 Å². The molecule has 2 amide bonds. The Balaban J connectivity index is 5.22. The molecule has 0 aliphatic heterocycles. The average Bonchev–Trinajstić information content (AvgIpc) is 2.23. The highest BCUT2D eigenvalue weighted by atomic mass is 19.4. The van der Waals surface area contributed by atoms with Crippen LogP contribution in [0.25, 0.3) is 0 Å². The van der Waals surface area contributed by atoms with Crippen molar-refractivity contribution in [2.24, 2.45) is 11.5 Å². The molecule has 1 unspecified atom stereocenters. The van der Waals surface area contributed by atoms with Gasteiger partial charge >= 0.3 is 30.1 Å². The molecular formula is C7H7F7N2O4. The number of carbonyl (C=O) groups is 2. The minimum atomic E-state index is -6.46. The summed E-state index contributed by atoms with van der Waals surface area (Å²) in [5.41, 5.74) is 8.24. The van der Waals surface area contributed by atoms with Crippen LogP contribution in [0.15, 0.2) is 0 Å². The normalized spacial score (nSPS) is 14.6. The topological polar surface area (TPSA) is 105 Å². The van der Waals surface area contributed by atoms with E-state index in [1.54, 1.807) is 0 Å². The number of ether oxygens (including phenoxy) is 2. The van der Waals surface area contributed by atoms with Crippen molar-refractivity contribution in [3.63, 3.8) is 0 Å². The SMILES string of the molecule is NC(=O)OCC(F)C(F)(F)C(F)(F)C(F)(F)OC(N)=O.